The summed E-state index contributed by atoms with van der Waals surface area (Å²) in [6.45, 7) is 4.28. The van der Waals surface area contributed by atoms with E-state index in [9.17, 15) is 19.6 Å². The van der Waals surface area contributed by atoms with Crippen LogP contribution in [0, 0.1) is 5.41 Å². The van der Waals surface area contributed by atoms with Gasteiger partial charge in [-0.1, -0.05) is 74.5 Å². The van der Waals surface area contributed by atoms with Gasteiger partial charge >= 0.3 is 0 Å². The Labute approximate surface area is 195 Å². The largest absolute Gasteiger partial charge is 0.353 e. The van der Waals surface area contributed by atoms with Crippen molar-refractivity contribution in [3.8, 4) is 0 Å². The van der Waals surface area contributed by atoms with Gasteiger partial charge in [0.25, 0.3) is 5.91 Å². The number of rotatable bonds is 10. The molecule has 2 aromatic rings. The topological polar surface area (TPSA) is 98.7 Å². The lowest BCUT2D eigenvalue weighted by atomic mass is 9.70. The van der Waals surface area contributed by atoms with Crippen LogP contribution in [0.1, 0.15) is 50.7 Å². The van der Waals surface area contributed by atoms with Crippen LogP contribution in [0.5, 0.6) is 0 Å². The van der Waals surface area contributed by atoms with Crippen LogP contribution in [0.25, 0.3) is 0 Å². The quantitative estimate of drug-likeness (QED) is 0.381. The lowest BCUT2D eigenvalue weighted by Gasteiger charge is -2.46. The molecule has 3 N–H and O–H groups in total. The third kappa shape index (κ3) is 5.86. The number of piperidine rings is 1. The average molecular weight is 452 g/mol. The van der Waals surface area contributed by atoms with E-state index in [-0.39, 0.29) is 25.0 Å². The highest BCUT2D eigenvalue weighted by molar-refractivity contribution is 6.15. The first-order chi connectivity index (χ1) is 15.8. The summed E-state index contributed by atoms with van der Waals surface area (Å²) >= 11 is 0. The molecule has 0 aromatic heterocycles. The first kappa shape index (κ1) is 24.6. The molecular formula is C26H33N3O4. The van der Waals surface area contributed by atoms with Crippen molar-refractivity contribution < 1.29 is 19.6 Å². The highest BCUT2D eigenvalue weighted by Gasteiger charge is 2.57. The molecule has 1 aliphatic rings. The molecule has 2 amide bonds. The molecule has 0 unspecified atom stereocenters. The van der Waals surface area contributed by atoms with Crippen LogP contribution in [0.15, 0.2) is 60.7 Å². The zero-order chi connectivity index (χ0) is 23.9. The zero-order valence-corrected chi connectivity index (χ0v) is 19.3. The van der Waals surface area contributed by atoms with Crippen molar-refractivity contribution in [3.63, 3.8) is 0 Å². The maximum atomic E-state index is 13.5. The van der Waals surface area contributed by atoms with E-state index in [4.69, 9.17) is 0 Å². The summed E-state index contributed by atoms with van der Waals surface area (Å²) in [5, 5.41) is 13.5. The van der Waals surface area contributed by atoms with Gasteiger partial charge in [0.05, 0.1) is 0 Å². The molecular weight excluding hydrogens is 418 g/mol. The minimum absolute atomic E-state index is 0.0299. The highest BCUT2D eigenvalue weighted by atomic mass is 16.5. The summed E-state index contributed by atoms with van der Waals surface area (Å²) in [5.74, 6) is -1.41. The third-order valence-electron chi connectivity index (χ3n) is 6.34. The third-order valence-corrected chi connectivity index (χ3v) is 6.34. The second kappa shape index (κ2) is 10.7. The van der Waals surface area contributed by atoms with Gasteiger partial charge < -0.3 is 5.32 Å². The van der Waals surface area contributed by atoms with Crippen molar-refractivity contribution in [2.24, 2.45) is 5.41 Å². The second-order valence-electron chi connectivity index (χ2n) is 9.43. The number of carbonyl (C=O) groups is 3. The van der Waals surface area contributed by atoms with Gasteiger partial charge in [-0.15, -0.1) is 5.59 Å². The molecule has 33 heavy (non-hydrogen) atoms. The molecule has 0 aliphatic carbocycles. The number of aryl methyl sites for hydroxylation is 1. The van der Waals surface area contributed by atoms with Gasteiger partial charge in [0.2, 0.25) is 5.91 Å². The summed E-state index contributed by atoms with van der Waals surface area (Å²) in [7, 11) is 0. The number of ketones is 1. The van der Waals surface area contributed by atoms with E-state index in [0.717, 1.165) is 22.6 Å². The molecule has 1 atom stereocenters. The lowest BCUT2D eigenvalue weighted by molar-refractivity contribution is -0.181. The Balaban J connectivity index is 1.80. The summed E-state index contributed by atoms with van der Waals surface area (Å²) in [6, 6.07) is 19.7. The van der Waals surface area contributed by atoms with Crippen LogP contribution < -0.4 is 10.9 Å². The lowest BCUT2D eigenvalue weighted by Crippen LogP contribution is -2.71. The molecule has 1 saturated heterocycles. The first-order valence-electron chi connectivity index (χ1n) is 11.4. The second-order valence-corrected chi connectivity index (χ2v) is 9.43. The molecule has 2 aromatic carbocycles. The van der Waals surface area contributed by atoms with E-state index in [1.165, 1.54) is 0 Å². The van der Waals surface area contributed by atoms with Crippen LogP contribution >= 0.6 is 0 Å². The number of nitrogens with one attached hydrogen (secondary N) is 2. The molecule has 0 bridgehead atoms. The van der Waals surface area contributed by atoms with E-state index < -0.39 is 22.8 Å². The fraction of sp³-hybridized carbons (Fsp3) is 0.423. The van der Waals surface area contributed by atoms with E-state index in [0.29, 0.717) is 19.4 Å². The maximum Gasteiger partial charge on any atom is 0.255 e. The molecule has 3 rings (SSSR count). The SMILES string of the molecule is CC(C)(CCc1ccccc1)C[C@]1(C(=O)NCCc2ccccc2)C(=O)CCC(=O)N1NO. The molecule has 0 spiro atoms. The summed E-state index contributed by atoms with van der Waals surface area (Å²) in [6.07, 6.45) is 2.09. The van der Waals surface area contributed by atoms with Crippen molar-refractivity contribution in [2.75, 3.05) is 6.54 Å². The van der Waals surface area contributed by atoms with Crippen molar-refractivity contribution in [1.82, 2.24) is 15.9 Å². The van der Waals surface area contributed by atoms with E-state index in [1.54, 1.807) is 0 Å². The van der Waals surface area contributed by atoms with Gasteiger partial charge in [-0.3, -0.25) is 19.6 Å². The van der Waals surface area contributed by atoms with Gasteiger partial charge in [-0.05, 0) is 42.2 Å². The average Bonchev–Trinajstić information content (AvgIpc) is 2.81. The standard InChI is InChI=1S/C26H33N3O4/c1-25(2,17-15-20-9-5-3-6-10-20)19-26(22(30)13-14-23(31)29(26)28-33)24(32)27-18-16-21-11-7-4-8-12-21/h3-12,28,33H,13-19H2,1-2H3,(H,27,32)/t26-/m1/s1. The Hall–Kier alpha value is -3.03. The van der Waals surface area contributed by atoms with Crippen molar-refractivity contribution in [3.05, 3.63) is 71.8 Å². The van der Waals surface area contributed by atoms with E-state index in [1.807, 2.05) is 80.1 Å². The Bertz CT molecular complexity index is 962. The summed E-state index contributed by atoms with van der Waals surface area (Å²) in [4.78, 5) is 39.4. The van der Waals surface area contributed by atoms with Crippen LogP contribution in [-0.2, 0) is 27.2 Å². The number of nitrogens with zero attached hydrogens (tertiary/aromatic N) is 1. The molecule has 0 saturated carbocycles. The normalized spacial score (nSPS) is 18.9. The predicted octanol–water partition coefficient (Wildman–Crippen LogP) is 3.22. The number of amides is 2. The van der Waals surface area contributed by atoms with Crippen LogP contribution in [0.3, 0.4) is 0 Å². The number of hydrogen-bond acceptors (Lipinski definition) is 5. The summed E-state index contributed by atoms with van der Waals surface area (Å²) < 4.78 is 0. The Morgan fingerprint density at radius 3 is 2.12 bits per heavy atom. The first-order valence-corrected chi connectivity index (χ1v) is 11.4. The number of hydrazine groups is 1. The van der Waals surface area contributed by atoms with Crippen LogP contribution in [0.4, 0.5) is 0 Å². The Kier molecular flexibility index (Phi) is 8.00. The van der Waals surface area contributed by atoms with Crippen molar-refractivity contribution in [1.29, 1.82) is 0 Å². The van der Waals surface area contributed by atoms with Gasteiger partial charge in [0.1, 0.15) is 0 Å². The fourth-order valence-corrected chi connectivity index (χ4v) is 4.52. The molecule has 7 heteroatoms. The molecule has 1 heterocycles. The zero-order valence-electron chi connectivity index (χ0n) is 19.3. The predicted molar refractivity (Wildman–Crippen MR) is 125 cm³/mol. The van der Waals surface area contributed by atoms with Gasteiger partial charge in [0.15, 0.2) is 11.3 Å². The van der Waals surface area contributed by atoms with Crippen molar-refractivity contribution in [2.45, 2.75) is 57.9 Å². The van der Waals surface area contributed by atoms with Gasteiger partial charge in [0, 0.05) is 19.4 Å². The highest BCUT2D eigenvalue weighted by Crippen LogP contribution is 2.39. The molecule has 176 valence electrons. The van der Waals surface area contributed by atoms with Crippen LogP contribution in [0.2, 0.25) is 0 Å². The van der Waals surface area contributed by atoms with Gasteiger partial charge in [-0.25, -0.2) is 5.01 Å². The van der Waals surface area contributed by atoms with E-state index in [2.05, 4.69) is 5.32 Å². The molecule has 7 nitrogen and oxygen atoms in total. The smallest absolute Gasteiger partial charge is 0.255 e. The Morgan fingerprint density at radius 2 is 1.55 bits per heavy atom. The minimum atomic E-state index is -1.80. The Morgan fingerprint density at radius 1 is 0.970 bits per heavy atom. The van der Waals surface area contributed by atoms with Crippen LogP contribution in [-0.4, -0.2) is 39.9 Å². The number of Topliss-reactive ketones (excluding diaryl/α,β-unsaturated/α-hetero) is 1. The maximum absolute atomic E-state index is 13.5. The molecule has 0 radical (unpaired) electrons. The summed E-state index contributed by atoms with van der Waals surface area (Å²) in [5.41, 5.74) is 1.81. The van der Waals surface area contributed by atoms with Gasteiger partial charge in [-0.2, -0.15) is 0 Å². The number of carbonyl (C=O) groups excluding carboxylic acids is 3. The fourth-order valence-electron chi connectivity index (χ4n) is 4.52. The number of hydrogen-bond donors (Lipinski definition) is 3. The van der Waals surface area contributed by atoms with E-state index >= 15 is 0 Å². The van der Waals surface area contributed by atoms with Crippen molar-refractivity contribution >= 4 is 17.6 Å². The molecule has 1 aliphatic heterocycles. The number of benzene rings is 2. The monoisotopic (exact) mass is 451 g/mol. The molecule has 1 fully saturated rings. The minimum Gasteiger partial charge on any atom is -0.353 e.